The Morgan fingerprint density at radius 1 is 1.30 bits per heavy atom. The Morgan fingerprint density at radius 3 is 2.80 bits per heavy atom. The van der Waals surface area contributed by atoms with E-state index < -0.39 is 22.9 Å². The van der Waals surface area contributed by atoms with Crippen LogP contribution in [0.3, 0.4) is 0 Å². The van der Waals surface area contributed by atoms with Gasteiger partial charge in [-0.25, -0.2) is 4.99 Å². The fraction of sp³-hybridized carbons (Fsp3) is 0.514. The maximum Gasteiger partial charge on any atom is 0.276 e. The average molecular weight is 670 g/mol. The van der Waals surface area contributed by atoms with E-state index in [1.807, 2.05) is 30.4 Å². The van der Waals surface area contributed by atoms with Gasteiger partial charge in [0, 0.05) is 43.6 Å². The Morgan fingerprint density at radius 2 is 2.11 bits per heavy atom. The van der Waals surface area contributed by atoms with Gasteiger partial charge in [0.1, 0.15) is 22.7 Å². The number of methoxy groups -OCH3 is 1. The molecule has 0 radical (unpaired) electrons. The Bertz CT molecular complexity index is 1480. The maximum atomic E-state index is 13.0. The van der Waals surface area contributed by atoms with Crippen molar-refractivity contribution in [3.05, 3.63) is 64.7 Å². The Kier molecular flexibility index (Phi) is 10.8. The van der Waals surface area contributed by atoms with Crippen molar-refractivity contribution in [2.45, 2.75) is 74.9 Å². The second kappa shape index (κ2) is 14.5. The summed E-state index contributed by atoms with van der Waals surface area (Å²) in [6, 6.07) is 11.7. The van der Waals surface area contributed by atoms with Crippen molar-refractivity contribution in [2.24, 2.45) is 16.8 Å². The van der Waals surface area contributed by atoms with Gasteiger partial charge in [0.15, 0.2) is 4.90 Å². The number of hydrogen-bond acceptors (Lipinski definition) is 7. The highest BCUT2D eigenvalue weighted by atomic mass is 35.5. The summed E-state index contributed by atoms with van der Waals surface area (Å²) in [6.07, 6.45) is 8.88. The molecule has 5 rings (SSSR count). The fourth-order valence-corrected chi connectivity index (χ4v) is 8.01. The van der Waals surface area contributed by atoms with E-state index in [2.05, 4.69) is 33.5 Å². The molecule has 5 atom stereocenters. The van der Waals surface area contributed by atoms with Crippen LogP contribution in [-0.4, -0.2) is 68.2 Å². The minimum atomic E-state index is -1.68. The molecule has 1 spiro atoms. The lowest BCUT2D eigenvalue weighted by Crippen LogP contribution is -2.49. The van der Waals surface area contributed by atoms with Crippen molar-refractivity contribution in [3.8, 4) is 5.75 Å². The van der Waals surface area contributed by atoms with Crippen LogP contribution in [0.15, 0.2) is 58.4 Å². The standard InChI is InChI=1S/C35H44ClN3O6S/c1-23(40)38-46(42)27-12-15-32-30(19-27)39(21-35(22-44-32)16-6-8-24-18-26(36)11-14-29(24)35)20-25-10-13-28(25)31(43-5)9-7-17-45-34(2,3)33(41)37-4/h7,9,11-12,14-15,18-19,25,28,31H,4,6,8,10,13,16-17,20-22H2,1-3,5H3,(H,38,40)/b9-7+/t25-,28+,31-,35-,46?/m0/s1. The van der Waals surface area contributed by atoms with Crippen molar-refractivity contribution < 1.29 is 28.4 Å². The summed E-state index contributed by atoms with van der Waals surface area (Å²) >= 11 is 4.73. The largest absolute Gasteiger partial charge is 0.588 e. The summed E-state index contributed by atoms with van der Waals surface area (Å²) in [4.78, 5) is 30.1. The maximum absolute atomic E-state index is 13.0. The van der Waals surface area contributed by atoms with Crippen molar-refractivity contribution >= 4 is 47.2 Å². The van der Waals surface area contributed by atoms with Crippen LogP contribution in [0.5, 0.6) is 5.75 Å². The number of halogens is 1. The number of hydrogen-bond donors (Lipinski definition) is 1. The monoisotopic (exact) mass is 669 g/mol. The lowest BCUT2D eigenvalue weighted by molar-refractivity contribution is -0.137. The quantitative estimate of drug-likeness (QED) is 0.189. The summed E-state index contributed by atoms with van der Waals surface area (Å²) < 4.78 is 33.8. The molecule has 2 aromatic carbocycles. The van der Waals surface area contributed by atoms with Crippen molar-refractivity contribution in [1.82, 2.24) is 4.72 Å². The van der Waals surface area contributed by atoms with Crippen LogP contribution in [0.4, 0.5) is 5.69 Å². The molecule has 2 amide bonds. The molecule has 0 saturated heterocycles. The number of nitrogens with zero attached hydrogens (tertiary/aromatic N) is 2. The van der Waals surface area contributed by atoms with E-state index in [0.717, 1.165) is 61.7 Å². The molecule has 1 N–H and O–H groups in total. The Hall–Kier alpha value is -2.89. The smallest absolute Gasteiger partial charge is 0.276 e. The van der Waals surface area contributed by atoms with Gasteiger partial charge in [0.05, 0.1) is 25.0 Å². The van der Waals surface area contributed by atoms with Crippen molar-refractivity contribution in [3.63, 3.8) is 0 Å². The lowest BCUT2D eigenvalue weighted by atomic mass is 9.68. The molecule has 2 aromatic rings. The van der Waals surface area contributed by atoms with Crippen LogP contribution in [-0.2, 0) is 42.3 Å². The molecule has 0 bridgehead atoms. The van der Waals surface area contributed by atoms with Crippen LogP contribution < -0.4 is 14.4 Å². The summed E-state index contributed by atoms with van der Waals surface area (Å²) in [5, 5.41) is 0.740. The van der Waals surface area contributed by atoms with Gasteiger partial charge in [-0.05, 0) is 99.9 Å². The highest BCUT2D eigenvalue weighted by molar-refractivity contribution is 7.90. The zero-order valence-electron chi connectivity index (χ0n) is 27.1. The predicted octanol–water partition coefficient (Wildman–Crippen LogP) is 5.59. The predicted molar refractivity (Wildman–Crippen MR) is 181 cm³/mol. The second-order valence-corrected chi connectivity index (χ2v) is 14.7. The average Bonchev–Trinajstić information content (AvgIpc) is 3.16. The number of rotatable bonds is 11. The third-order valence-corrected chi connectivity index (χ3v) is 11.0. The van der Waals surface area contributed by atoms with Gasteiger partial charge in [-0.2, -0.15) is 4.72 Å². The number of benzene rings is 2. The van der Waals surface area contributed by atoms with Crippen LogP contribution in [0, 0.1) is 11.8 Å². The minimum absolute atomic E-state index is 0.119. The highest BCUT2D eigenvalue weighted by Gasteiger charge is 2.44. The first kappa shape index (κ1) is 34.4. The molecule has 1 heterocycles. The zero-order chi connectivity index (χ0) is 33.1. The van der Waals surface area contributed by atoms with Gasteiger partial charge in [-0.3, -0.25) is 9.59 Å². The molecule has 1 aliphatic heterocycles. The van der Waals surface area contributed by atoms with Gasteiger partial charge >= 0.3 is 0 Å². The molecule has 9 nitrogen and oxygen atoms in total. The minimum Gasteiger partial charge on any atom is -0.588 e. The molecule has 1 unspecified atom stereocenters. The Balaban J connectivity index is 1.41. The molecule has 248 valence electrons. The number of amides is 2. The second-order valence-electron chi connectivity index (χ2n) is 13.1. The molecule has 46 heavy (non-hydrogen) atoms. The van der Waals surface area contributed by atoms with Crippen molar-refractivity contribution in [1.29, 1.82) is 0 Å². The number of fused-ring (bicyclic) bond motifs is 3. The topological polar surface area (TPSA) is 113 Å². The van der Waals surface area contributed by atoms with Gasteiger partial charge in [0.25, 0.3) is 11.8 Å². The first-order chi connectivity index (χ1) is 22.0. The first-order valence-corrected chi connectivity index (χ1v) is 17.3. The van der Waals surface area contributed by atoms with Gasteiger partial charge in [-0.15, -0.1) is 0 Å². The number of ether oxygens (including phenoxy) is 3. The molecule has 1 fully saturated rings. The SMILES string of the molecule is C=NC(=O)C(C)(C)OC/C=C/[C@H](OC)[C@@H]1CC[C@H]1CN1C[C@@]2(CCCc3cc(Cl)ccc32)COc2ccc([S+]([O-])NC(C)=O)cc21. The van der Waals surface area contributed by atoms with Crippen LogP contribution >= 0.6 is 11.6 Å². The highest BCUT2D eigenvalue weighted by Crippen LogP contribution is 2.47. The number of carbonyl (C=O) groups excluding carboxylic acids is 2. The summed E-state index contributed by atoms with van der Waals surface area (Å²) in [5.41, 5.74) is 2.13. The number of anilines is 1. The zero-order valence-corrected chi connectivity index (χ0v) is 28.6. The molecule has 2 aliphatic carbocycles. The number of carbonyl (C=O) groups is 2. The fourth-order valence-electron chi connectivity index (χ4n) is 7.03. The lowest BCUT2D eigenvalue weighted by Gasteiger charge is -2.46. The van der Waals surface area contributed by atoms with Crippen LogP contribution in [0.2, 0.25) is 5.02 Å². The van der Waals surface area contributed by atoms with E-state index in [-0.39, 0.29) is 30.0 Å². The molecule has 11 heteroatoms. The summed E-state index contributed by atoms with van der Waals surface area (Å²) in [5.74, 6) is 0.592. The van der Waals surface area contributed by atoms with Crippen LogP contribution in [0.25, 0.3) is 0 Å². The van der Waals surface area contributed by atoms with Crippen molar-refractivity contribution in [2.75, 3.05) is 38.3 Å². The molecule has 1 saturated carbocycles. The number of aliphatic imine (C=N–C) groups is 1. The van der Waals surface area contributed by atoms with E-state index >= 15 is 0 Å². The molecule has 3 aliphatic rings. The number of aryl methyl sites for hydroxylation is 1. The molecular formula is C35H44ClN3O6S. The van der Waals surface area contributed by atoms with E-state index in [1.54, 1.807) is 27.0 Å². The first-order valence-electron chi connectivity index (χ1n) is 15.8. The van der Waals surface area contributed by atoms with Gasteiger partial charge in [0.2, 0.25) is 0 Å². The molecule has 0 aromatic heterocycles. The summed E-state index contributed by atoms with van der Waals surface area (Å²) in [6.45, 7) is 10.3. The third-order valence-electron chi connectivity index (χ3n) is 9.61. The van der Waals surface area contributed by atoms with Gasteiger partial charge in [-0.1, -0.05) is 29.8 Å². The van der Waals surface area contributed by atoms with E-state index in [9.17, 15) is 14.1 Å². The normalized spacial score (nSPS) is 23.8. The molecular weight excluding hydrogens is 626 g/mol. The van der Waals surface area contributed by atoms with E-state index in [1.165, 1.54) is 18.1 Å². The van der Waals surface area contributed by atoms with E-state index in [4.69, 9.17) is 25.8 Å². The summed E-state index contributed by atoms with van der Waals surface area (Å²) in [7, 11) is 1.72. The Labute approximate surface area is 280 Å². The van der Waals surface area contributed by atoms with E-state index in [0.29, 0.717) is 17.4 Å². The van der Waals surface area contributed by atoms with Gasteiger partial charge < -0.3 is 23.7 Å². The number of nitrogens with one attached hydrogen (secondary N) is 1. The van der Waals surface area contributed by atoms with Crippen LogP contribution in [0.1, 0.15) is 57.6 Å². The third kappa shape index (κ3) is 7.47.